The van der Waals surface area contributed by atoms with Gasteiger partial charge < -0.3 is 9.88 Å². The number of rotatable bonds is 6. The predicted molar refractivity (Wildman–Crippen MR) is 69.7 cm³/mol. The third-order valence-corrected chi connectivity index (χ3v) is 2.97. The van der Waals surface area contributed by atoms with Crippen molar-refractivity contribution in [3.05, 3.63) is 54.4 Å². The van der Waals surface area contributed by atoms with Gasteiger partial charge in [-0.2, -0.15) is 0 Å². The van der Waals surface area contributed by atoms with Gasteiger partial charge in [-0.3, -0.25) is 0 Å². The van der Waals surface area contributed by atoms with Gasteiger partial charge in [-0.25, -0.2) is 9.37 Å². The van der Waals surface area contributed by atoms with E-state index < -0.39 is 0 Å². The highest BCUT2D eigenvalue weighted by molar-refractivity contribution is 5.20. The Labute approximate surface area is 107 Å². The monoisotopic (exact) mass is 247 g/mol. The van der Waals surface area contributed by atoms with E-state index in [1.165, 1.54) is 6.07 Å². The molecule has 3 nitrogen and oxygen atoms in total. The summed E-state index contributed by atoms with van der Waals surface area (Å²) in [6, 6.07) is 6.93. The van der Waals surface area contributed by atoms with Crippen LogP contribution in [0, 0.1) is 5.82 Å². The van der Waals surface area contributed by atoms with Crippen molar-refractivity contribution in [1.29, 1.82) is 0 Å². The molecule has 1 aromatic heterocycles. The van der Waals surface area contributed by atoms with E-state index in [0.717, 1.165) is 25.1 Å². The van der Waals surface area contributed by atoms with Crippen LogP contribution in [0.1, 0.15) is 24.9 Å². The smallest absolute Gasteiger partial charge is 0.127 e. The van der Waals surface area contributed by atoms with Crippen LogP contribution >= 0.6 is 0 Å². The zero-order valence-electron chi connectivity index (χ0n) is 10.5. The van der Waals surface area contributed by atoms with Gasteiger partial charge in [0.25, 0.3) is 0 Å². The molecule has 1 N–H and O–H groups in total. The molecule has 0 bridgehead atoms. The number of hydrogen-bond donors (Lipinski definition) is 1. The van der Waals surface area contributed by atoms with Crippen molar-refractivity contribution >= 4 is 0 Å². The minimum Gasteiger partial charge on any atom is -0.337 e. The summed E-state index contributed by atoms with van der Waals surface area (Å²) in [5.74, 6) is -0.146. The second-order valence-corrected chi connectivity index (χ2v) is 4.35. The number of hydrogen-bond acceptors (Lipinski definition) is 2. The first-order valence-electron chi connectivity index (χ1n) is 6.21. The molecule has 1 heterocycles. The van der Waals surface area contributed by atoms with Gasteiger partial charge in [0.1, 0.15) is 5.82 Å². The van der Waals surface area contributed by atoms with Crippen LogP contribution in [0.2, 0.25) is 0 Å². The van der Waals surface area contributed by atoms with Crippen LogP contribution in [0.5, 0.6) is 0 Å². The largest absolute Gasteiger partial charge is 0.337 e. The maximum Gasteiger partial charge on any atom is 0.127 e. The molecule has 96 valence electrons. The highest BCUT2D eigenvalue weighted by Gasteiger charge is 2.08. The fourth-order valence-corrected chi connectivity index (χ4v) is 1.94. The second-order valence-electron chi connectivity index (χ2n) is 4.35. The molecule has 1 aromatic carbocycles. The quantitative estimate of drug-likeness (QED) is 0.795. The zero-order chi connectivity index (χ0) is 12.8. The van der Waals surface area contributed by atoms with Crippen molar-refractivity contribution in [3.63, 3.8) is 0 Å². The molecule has 4 heteroatoms. The molecule has 2 aromatic rings. The van der Waals surface area contributed by atoms with Crippen LogP contribution in [-0.2, 0) is 6.54 Å². The van der Waals surface area contributed by atoms with E-state index in [1.807, 2.05) is 29.8 Å². The van der Waals surface area contributed by atoms with Crippen LogP contribution in [0.3, 0.4) is 0 Å². The first-order valence-corrected chi connectivity index (χ1v) is 6.21. The lowest BCUT2D eigenvalue weighted by Crippen LogP contribution is -2.21. The van der Waals surface area contributed by atoms with Crippen molar-refractivity contribution in [3.8, 4) is 0 Å². The molecular formula is C14H18FN3. The fourth-order valence-electron chi connectivity index (χ4n) is 1.94. The third-order valence-electron chi connectivity index (χ3n) is 2.97. The first kappa shape index (κ1) is 12.8. The second kappa shape index (κ2) is 6.31. The van der Waals surface area contributed by atoms with Gasteiger partial charge in [0, 0.05) is 30.5 Å². The zero-order valence-corrected chi connectivity index (χ0v) is 10.5. The van der Waals surface area contributed by atoms with Crippen molar-refractivity contribution in [2.45, 2.75) is 25.9 Å². The average molecular weight is 247 g/mol. The van der Waals surface area contributed by atoms with Crippen molar-refractivity contribution in [2.24, 2.45) is 0 Å². The summed E-state index contributed by atoms with van der Waals surface area (Å²) in [6.07, 6.45) is 6.52. The normalized spacial score (nSPS) is 12.6. The minimum absolute atomic E-state index is 0.0361. The van der Waals surface area contributed by atoms with Gasteiger partial charge in [-0.15, -0.1) is 0 Å². The van der Waals surface area contributed by atoms with Gasteiger partial charge in [0.05, 0.1) is 6.33 Å². The maximum absolute atomic E-state index is 13.5. The summed E-state index contributed by atoms with van der Waals surface area (Å²) in [5, 5.41) is 3.33. The standard InChI is InChI=1S/C14H18FN3/c1-12(13-5-2-3-6-14(13)15)17-7-4-9-18-10-8-16-11-18/h2-3,5-6,8,10-12,17H,4,7,9H2,1H3. The van der Waals surface area contributed by atoms with Gasteiger partial charge >= 0.3 is 0 Å². The molecular weight excluding hydrogens is 229 g/mol. The summed E-state index contributed by atoms with van der Waals surface area (Å²) in [7, 11) is 0. The summed E-state index contributed by atoms with van der Waals surface area (Å²) in [5.41, 5.74) is 0.722. The molecule has 0 radical (unpaired) electrons. The Kier molecular flexibility index (Phi) is 4.47. The summed E-state index contributed by atoms with van der Waals surface area (Å²) in [4.78, 5) is 3.99. The molecule has 0 amide bonds. The van der Waals surface area contributed by atoms with E-state index >= 15 is 0 Å². The molecule has 0 saturated heterocycles. The molecule has 0 saturated carbocycles. The summed E-state index contributed by atoms with van der Waals surface area (Å²) in [6.45, 7) is 3.76. The van der Waals surface area contributed by atoms with E-state index in [9.17, 15) is 4.39 Å². The van der Waals surface area contributed by atoms with Crippen LogP contribution < -0.4 is 5.32 Å². The molecule has 0 aliphatic rings. The van der Waals surface area contributed by atoms with Crippen molar-refractivity contribution < 1.29 is 4.39 Å². The summed E-state index contributed by atoms with van der Waals surface area (Å²) < 4.78 is 15.6. The topological polar surface area (TPSA) is 29.9 Å². The highest BCUT2D eigenvalue weighted by atomic mass is 19.1. The molecule has 0 fully saturated rings. The van der Waals surface area contributed by atoms with Gasteiger partial charge in [-0.05, 0) is 26.0 Å². The molecule has 1 unspecified atom stereocenters. The van der Waals surface area contributed by atoms with Gasteiger partial charge in [-0.1, -0.05) is 18.2 Å². The Balaban J connectivity index is 1.75. The maximum atomic E-state index is 13.5. The lowest BCUT2D eigenvalue weighted by molar-refractivity contribution is 0.503. The lowest BCUT2D eigenvalue weighted by Gasteiger charge is -2.14. The van der Waals surface area contributed by atoms with Gasteiger partial charge in [0.15, 0.2) is 0 Å². The van der Waals surface area contributed by atoms with E-state index in [1.54, 1.807) is 18.6 Å². The molecule has 0 aliphatic heterocycles. The highest BCUT2D eigenvalue weighted by Crippen LogP contribution is 2.15. The lowest BCUT2D eigenvalue weighted by atomic mass is 10.1. The number of benzene rings is 1. The number of aryl methyl sites for hydroxylation is 1. The Hall–Kier alpha value is -1.68. The predicted octanol–water partition coefficient (Wildman–Crippen LogP) is 2.76. The molecule has 0 spiro atoms. The van der Waals surface area contributed by atoms with E-state index in [-0.39, 0.29) is 11.9 Å². The number of imidazole rings is 1. The third kappa shape index (κ3) is 3.40. The Bertz CT molecular complexity index is 468. The van der Waals surface area contributed by atoms with Crippen LogP contribution in [0.15, 0.2) is 43.0 Å². The summed E-state index contributed by atoms with van der Waals surface area (Å²) >= 11 is 0. The van der Waals surface area contributed by atoms with E-state index in [0.29, 0.717) is 0 Å². The Morgan fingerprint density at radius 1 is 1.39 bits per heavy atom. The number of nitrogens with one attached hydrogen (secondary N) is 1. The van der Waals surface area contributed by atoms with Crippen molar-refractivity contribution in [1.82, 2.24) is 14.9 Å². The molecule has 0 aliphatic carbocycles. The van der Waals surface area contributed by atoms with Crippen LogP contribution in [-0.4, -0.2) is 16.1 Å². The van der Waals surface area contributed by atoms with Crippen LogP contribution in [0.25, 0.3) is 0 Å². The SMILES string of the molecule is CC(NCCCn1ccnc1)c1ccccc1F. The fraction of sp³-hybridized carbons (Fsp3) is 0.357. The Morgan fingerprint density at radius 2 is 2.22 bits per heavy atom. The molecule has 2 rings (SSSR count). The average Bonchev–Trinajstić information content (AvgIpc) is 2.88. The number of halogens is 1. The Morgan fingerprint density at radius 3 is 2.94 bits per heavy atom. The van der Waals surface area contributed by atoms with E-state index in [4.69, 9.17) is 0 Å². The molecule has 1 atom stereocenters. The van der Waals surface area contributed by atoms with E-state index in [2.05, 4.69) is 10.3 Å². The van der Waals surface area contributed by atoms with Crippen molar-refractivity contribution in [2.75, 3.05) is 6.54 Å². The minimum atomic E-state index is -0.146. The first-order chi connectivity index (χ1) is 8.77. The molecule has 18 heavy (non-hydrogen) atoms. The van der Waals surface area contributed by atoms with Gasteiger partial charge in [0.2, 0.25) is 0 Å². The number of aromatic nitrogens is 2. The number of nitrogens with zero attached hydrogens (tertiary/aromatic N) is 2. The van der Waals surface area contributed by atoms with Crippen LogP contribution in [0.4, 0.5) is 4.39 Å².